The number of halogens is 1. The number of aromatic nitrogens is 4. The first kappa shape index (κ1) is 22.8. The molecule has 4 rings (SSSR count). The Balaban J connectivity index is 1.46. The Bertz CT molecular complexity index is 1220. The van der Waals surface area contributed by atoms with Crippen LogP contribution in [0.3, 0.4) is 0 Å². The molecule has 1 unspecified atom stereocenters. The first-order valence-electron chi connectivity index (χ1n) is 10.4. The number of thiazole rings is 1. The minimum Gasteiger partial charge on any atom is -0.481 e. The Morgan fingerprint density at radius 1 is 1.12 bits per heavy atom. The van der Waals surface area contributed by atoms with E-state index in [9.17, 15) is 0 Å². The Labute approximate surface area is 201 Å². The van der Waals surface area contributed by atoms with Crippen molar-refractivity contribution in [3.05, 3.63) is 75.5 Å². The van der Waals surface area contributed by atoms with Crippen LogP contribution in [0.1, 0.15) is 42.6 Å². The van der Waals surface area contributed by atoms with Crippen molar-refractivity contribution in [1.29, 1.82) is 0 Å². The first-order chi connectivity index (χ1) is 15.4. The summed E-state index contributed by atoms with van der Waals surface area (Å²) in [6.45, 7) is 8.92. The maximum atomic E-state index is 6.30. The summed E-state index contributed by atoms with van der Waals surface area (Å²) in [5.74, 6) is 2.18. The molecule has 0 bridgehead atoms. The molecule has 0 aliphatic rings. The van der Waals surface area contributed by atoms with Crippen molar-refractivity contribution in [2.75, 3.05) is 0 Å². The molecule has 2 heterocycles. The van der Waals surface area contributed by atoms with Gasteiger partial charge < -0.3 is 9.30 Å². The normalized spacial score (nSPS) is 12.2. The van der Waals surface area contributed by atoms with Gasteiger partial charge in [0.15, 0.2) is 17.1 Å². The highest BCUT2D eigenvalue weighted by Gasteiger charge is 2.20. The van der Waals surface area contributed by atoms with E-state index in [-0.39, 0.29) is 6.10 Å². The molecule has 0 radical (unpaired) electrons. The monoisotopic (exact) mass is 484 g/mol. The zero-order valence-corrected chi connectivity index (χ0v) is 20.9. The van der Waals surface area contributed by atoms with Crippen molar-refractivity contribution in [3.63, 3.8) is 0 Å². The number of rotatable bonds is 8. The minimum atomic E-state index is -0.275. The maximum Gasteiger partial charge on any atom is 0.191 e. The van der Waals surface area contributed by atoms with E-state index in [2.05, 4.69) is 58.3 Å². The van der Waals surface area contributed by atoms with Gasteiger partial charge in [-0.25, -0.2) is 4.98 Å². The number of hydrogen-bond acceptors (Lipinski definition) is 6. The van der Waals surface area contributed by atoms with Crippen LogP contribution in [-0.2, 0) is 12.3 Å². The molecule has 2 aromatic heterocycles. The molecule has 0 N–H and O–H groups in total. The third-order valence-electron chi connectivity index (χ3n) is 4.98. The van der Waals surface area contributed by atoms with E-state index >= 15 is 0 Å². The van der Waals surface area contributed by atoms with Crippen LogP contribution < -0.4 is 4.74 Å². The summed E-state index contributed by atoms with van der Waals surface area (Å²) in [7, 11) is 0. The molecule has 0 aliphatic heterocycles. The molecule has 0 spiro atoms. The summed E-state index contributed by atoms with van der Waals surface area (Å²) in [5, 5.41) is 13.4. The fourth-order valence-electron chi connectivity index (χ4n) is 3.37. The number of nitrogens with zero attached hydrogens (tertiary/aromatic N) is 4. The molecule has 0 saturated heterocycles. The van der Waals surface area contributed by atoms with Crippen LogP contribution in [0.4, 0.5) is 0 Å². The predicted octanol–water partition coefficient (Wildman–Crippen LogP) is 7.12. The van der Waals surface area contributed by atoms with Crippen LogP contribution in [-0.4, -0.2) is 19.7 Å². The topological polar surface area (TPSA) is 52.8 Å². The number of aryl methyl sites for hydroxylation is 2. The second-order valence-corrected chi connectivity index (χ2v) is 9.79. The summed E-state index contributed by atoms with van der Waals surface area (Å²) in [4.78, 5) is 4.81. The lowest BCUT2D eigenvalue weighted by molar-refractivity contribution is 0.210. The fourth-order valence-corrected chi connectivity index (χ4v) is 5.36. The van der Waals surface area contributed by atoms with E-state index < -0.39 is 0 Å². The fraction of sp³-hybridized carbons (Fsp3) is 0.292. The second-order valence-electron chi connectivity index (χ2n) is 7.58. The molecule has 0 aliphatic carbocycles. The summed E-state index contributed by atoms with van der Waals surface area (Å²) >= 11 is 9.61. The van der Waals surface area contributed by atoms with Crippen LogP contribution >= 0.6 is 34.7 Å². The molecule has 32 heavy (non-hydrogen) atoms. The summed E-state index contributed by atoms with van der Waals surface area (Å²) < 4.78 is 8.21. The van der Waals surface area contributed by atoms with Crippen LogP contribution in [0.2, 0.25) is 5.02 Å². The van der Waals surface area contributed by atoms with Gasteiger partial charge in [0.2, 0.25) is 0 Å². The van der Waals surface area contributed by atoms with E-state index in [1.165, 1.54) is 5.56 Å². The minimum absolute atomic E-state index is 0.275. The van der Waals surface area contributed by atoms with Gasteiger partial charge >= 0.3 is 0 Å². The number of thioether (sulfide) groups is 1. The first-order valence-corrected chi connectivity index (χ1v) is 12.7. The van der Waals surface area contributed by atoms with Gasteiger partial charge in [-0.05, 0) is 51.5 Å². The molecule has 5 nitrogen and oxygen atoms in total. The summed E-state index contributed by atoms with van der Waals surface area (Å²) in [5.41, 5.74) is 4.53. The smallest absolute Gasteiger partial charge is 0.191 e. The van der Waals surface area contributed by atoms with Gasteiger partial charge in [0, 0.05) is 23.2 Å². The number of ether oxygens (including phenoxy) is 1. The Morgan fingerprint density at radius 3 is 2.72 bits per heavy atom. The van der Waals surface area contributed by atoms with Crippen molar-refractivity contribution in [1.82, 2.24) is 19.7 Å². The van der Waals surface area contributed by atoms with Crippen molar-refractivity contribution in [2.24, 2.45) is 0 Å². The van der Waals surface area contributed by atoms with E-state index in [0.29, 0.717) is 10.8 Å². The van der Waals surface area contributed by atoms with Crippen LogP contribution in [0, 0.1) is 13.8 Å². The Kier molecular flexibility index (Phi) is 7.18. The summed E-state index contributed by atoms with van der Waals surface area (Å²) in [6.07, 6.45) is -0.275. The maximum absolute atomic E-state index is 6.30. The molecule has 0 amide bonds. The van der Waals surface area contributed by atoms with Crippen molar-refractivity contribution in [3.8, 4) is 16.3 Å². The zero-order chi connectivity index (χ0) is 22.7. The van der Waals surface area contributed by atoms with Crippen molar-refractivity contribution >= 4 is 34.7 Å². The second kappa shape index (κ2) is 10.1. The Hall–Kier alpha value is -2.35. The third kappa shape index (κ3) is 5.17. The quantitative estimate of drug-likeness (QED) is 0.249. The largest absolute Gasteiger partial charge is 0.481 e. The SMILES string of the molecule is CCn1c(SCc2csc(-c3cccc(C)c3)n2)nnc1C(C)Oc1cc(C)ccc1Cl. The standard InChI is InChI=1S/C24H25ClN4OS2/c1-5-29-22(17(4)30-21-12-16(3)9-10-20(21)25)27-28-24(29)32-14-19-13-31-23(26-19)18-8-6-7-15(2)11-18/h6-13,17H,5,14H2,1-4H3. The lowest BCUT2D eigenvalue weighted by Crippen LogP contribution is -2.12. The van der Waals surface area contributed by atoms with Gasteiger partial charge in [0.05, 0.1) is 10.7 Å². The number of hydrogen-bond donors (Lipinski definition) is 0. The lowest BCUT2D eigenvalue weighted by Gasteiger charge is -2.16. The molecular weight excluding hydrogens is 460 g/mol. The molecule has 1 atom stereocenters. The van der Waals surface area contributed by atoms with E-state index in [1.54, 1.807) is 23.1 Å². The van der Waals surface area contributed by atoms with Gasteiger partial charge in [-0.15, -0.1) is 21.5 Å². The van der Waals surface area contributed by atoms with Gasteiger partial charge in [0.25, 0.3) is 0 Å². The van der Waals surface area contributed by atoms with Gasteiger partial charge in [0.1, 0.15) is 10.8 Å². The zero-order valence-electron chi connectivity index (χ0n) is 18.5. The predicted molar refractivity (Wildman–Crippen MR) is 133 cm³/mol. The van der Waals surface area contributed by atoms with Crippen molar-refractivity contribution in [2.45, 2.75) is 51.3 Å². The van der Waals surface area contributed by atoms with Crippen molar-refractivity contribution < 1.29 is 4.74 Å². The molecule has 0 saturated carbocycles. The molecule has 8 heteroatoms. The highest BCUT2D eigenvalue weighted by molar-refractivity contribution is 7.98. The molecular formula is C24H25ClN4OS2. The highest BCUT2D eigenvalue weighted by Crippen LogP contribution is 2.32. The summed E-state index contributed by atoms with van der Waals surface area (Å²) in [6, 6.07) is 14.2. The molecule has 2 aromatic carbocycles. The van der Waals surface area contributed by atoms with Gasteiger partial charge in [-0.2, -0.15) is 0 Å². The average Bonchev–Trinajstić information content (AvgIpc) is 3.41. The number of benzene rings is 2. The molecule has 4 aromatic rings. The van der Waals surface area contributed by atoms with Crippen LogP contribution in [0.5, 0.6) is 5.75 Å². The van der Waals surface area contributed by atoms with E-state index in [4.69, 9.17) is 21.3 Å². The third-order valence-corrected chi connectivity index (χ3v) is 7.23. The van der Waals surface area contributed by atoms with Gasteiger partial charge in [-0.3, -0.25) is 0 Å². The average molecular weight is 485 g/mol. The lowest BCUT2D eigenvalue weighted by atomic mass is 10.1. The Morgan fingerprint density at radius 2 is 1.94 bits per heavy atom. The van der Waals surface area contributed by atoms with Crippen LogP contribution in [0.15, 0.2) is 53.0 Å². The molecule has 0 fully saturated rings. The van der Waals surface area contributed by atoms with Crippen LogP contribution in [0.25, 0.3) is 10.6 Å². The molecule has 166 valence electrons. The van der Waals surface area contributed by atoms with E-state index in [0.717, 1.165) is 45.1 Å². The van der Waals surface area contributed by atoms with Gasteiger partial charge in [-0.1, -0.05) is 53.2 Å². The highest BCUT2D eigenvalue weighted by atomic mass is 35.5. The van der Waals surface area contributed by atoms with E-state index in [1.807, 2.05) is 32.0 Å².